The number of benzene rings is 2. The maximum absolute atomic E-state index is 13.4. The highest BCUT2D eigenvalue weighted by molar-refractivity contribution is 7.99. The second-order valence-corrected chi connectivity index (χ2v) is 9.11. The Bertz CT molecular complexity index is 1220. The van der Waals surface area contributed by atoms with Crippen molar-refractivity contribution >= 4 is 23.4 Å². The minimum atomic E-state index is -4.75. The number of rotatable bonds is 5. The summed E-state index contributed by atoms with van der Waals surface area (Å²) in [6, 6.07) is 10.3. The van der Waals surface area contributed by atoms with Gasteiger partial charge in [0.2, 0.25) is 5.88 Å². The van der Waals surface area contributed by atoms with Crippen LogP contribution in [-0.4, -0.2) is 20.7 Å². The van der Waals surface area contributed by atoms with Crippen molar-refractivity contribution in [2.45, 2.75) is 49.2 Å². The lowest BCUT2D eigenvalue weighted by molar-refractivity contribution is -0.387. The first-order valence-electron chi connectivity index (χ1n) is 9.70. The SMILES string of the molecule is Cc1nn(C(C)(C)C)c(OC(=O)c2ccccc2C(F)(F)F)c1Sc1ccccc1[N+](=O)[O-]. The zero-order chi connectivity index (χ0) is 24.6. The molecule has 0 saturated carbocycles. The third-order valence-electron chi connectivity index (χ3n) is 4.52. The molecule has 0 aliphatic heterocycles. The van der Waals surface area contributed by atoms with Gasteiger partial charge in [-0.1, -0.05) is 36.0 Å². The van der Waals surface area contributed by atoms with Crippen LogP contribution in [0.15, 0.2) is 58.3 Å². The Hall–Kier alpha value is -3.34. The van der Waals surface area contributed by atoms with E-state index in [-0.39, 0.29) is 21.4 Å². The maximum Gasteiger partial charge on any atom is 0.417 e. The molecule has 1 heterocycles. The van der Waals surface area contributed by atoms with Crippen molar-refractivity contribution in [1.29, 1.82) is 0 Å². The molecule has 1 aromatic heterocycles. The molecule has 0 saturated heterocycles. The van der Waals surface area contributed by atoms with Crippen LogP contribution in [0.3, 0.4) is 0 Å². The van der Waals surface area contributed by atoms with Crippen molar-refractivity contribution in [2.24, 2.45) is 0 Å². The average Bonchev–Trinajstić information content (AvgIpc) is 3.03. The molecule has 3 aromatic rings. The molecule has 0 unspecified atom stereocenters. The number of alkyl halides is 3. The molecule has 33 heavy (non-hydrogen) atoms. The number of para-hydroxylation sites is 1. The number of hydrogen-bond donors (Lipinski definition) is 0. The molecule has 11 heteroatoms. The molecule has 7 nitrogen and oxygen atoms in total. The van der Waals surface area contributed by atoms with Crippen molar-refractivity contribution in [3.8, 4) is 5.88 Å². The average molecular weight is 479 g/mol. The standard InChI is InChI=1S/C22H20F3N3O4S/c1-13-18(33-17-12-8-7-11-16(17)28(30)31)19(27(26-13)21(2,3)4)32-20(29)14-9-5-6-10-15(14)22(23,24)25/h5-12H,1-4H3. The van der Waals surface area contributed by atoms with E-state index >= 15 is 0 Å². The van der Waals surface area contributed by atoms with Crippen LogP contribution in [-0.2, 0) is 11.7 Å². The molecule has 0 fully saturated rings. The van der Waals surface area contributed by atoms with Crippen LogP contribution in [0.5, 0.6) is 5.88 Å². The number of aryl methyl sites for hydroxylation is 1. The summed E-state index contributed by atoms with van der Waals surface area (Å²) in [6.45, 7) is 6.96. The highest BCUT2D eigenvalue weighted by Crippen LogP contribution is 2.43. The number of halogens is 3. The van der Waals surface area contributed by atoms with E-state index in [4.69, 9.17) is 4.74 Å². The van der Waals surface area contributed by atoms with Crippen molar-refractivity contribution in [2.75, 3.05) is 0 Å². The van der Waals surface area contributed by atoms with Crippen LogP contribution >= 0.6 is 11.8 Å². The number of nitrogens with zero attached hydrogens (tertiary/aromatic N) is 3. The lowest BCUT2D eigenvalue weighted by atomic mass is 10.1. The van der Waals surface area contributed by atoms with Crippen LogP contribution < -0.4 is 4.74 Å². The minimum absolute atomic E-state index is 0.0925. The predicted molar refractivity (Wildman–Crippen MR) is 116 cm³/mol. The number of nitro groups is 1. The van der Waals surface area contributed by atoms with Gasteiger partial charge < -0.3 is 4.74 Å². The maximum atomic E-state index is 13.4. The van der Waals surface area contributed by atoms with Gasteiger partial charge in [-0.3, -0.25) is 10.1 Å². The van der Waals surface area contributed by atoms with Crippen molar-refractivity contribution < 1.29 is 27.6 Å². The summed E-state index contributed by atoms with van der Waals surface area (Å²) in [7, 11) is 0. The summed E-state index contributed by atoms with van der Waals surface area (Å²) < 4.78 is 47.1. The van der Waals surface area contributed by atoms with Crippen LogP contribution in [0.4, 0.5) is 18.9 Å². The van der Waals surface area contributed by atoms with E-state index < -0.39 is 33.7 Å². The zero-order valence-electron chi connectivity index (χ0n) is 18.1. The summed E-state index contributed by atoms with van der Waals surface area (Å²) in [5, 5.41) is 15.8. The fourth-order valence-electron chi connectivity index (χ4n) is 3.01. The number of esters is 1. The summed E-state index contributed by atoms with van der Waals surface area (Å²) in [4.78, 5) is 24.3. The highest BCUT2D eigenvalue weighted by atomic mass is 32.2. The molecular formula is C22H20F3N3O4S. The third-order valence-corrected chi connectivity index (χ3v) is 5.76. The summed E-state index contributed by atoms with van der Waals surface area (Å²) >= 11 is 0.955. The molecule has 0 aliphatic rings. The van der Waals surface area contributed by atoms with E-state index in [1.807, 2.05) is 0 Å². The Morgan fingerprint density at radius 3 is 2.30 bits per heavy atom. The molecule has 0 atom stereocenters. The fraction of sp³-hybridized carbons (Fsp3) is 0.273. The van der Waals surface area contributed by atoms with E-state index in [1.54, 1.807) is 33.8 Å². The Labute approximate surface area is 191 Å². The van der Waals surface area contributed by atoms with Gasteiger partial charge in [-0.05, 0) is 45.9 Å². The van der Waals surface area contributed by atoms with Gasteiger partial charge in [0.05, 0.1) is 37.1 Å². The van der Waals surface area contributed by atoms with E-state index in [2.05, 4.69) is 5.10 Å². The predicted octanol–water partition coefficient (Wildman–Crippen LogP) is 6.24. The van der Waals surface area contributed by atoms with Crippen LogP contribution in [0.1, 0.15) is 42.4 Å². The summed E-state index contributed by atoms with van der Waals surface area (Å²) in [5.74, 6) is -1.30. The molecule has 174 valence electrons. The minimum Gasteiger partial charge on any atom is -0.403 e. The lowest BCUT2D eigenvalue weighted by Crippen LogP contribution is -2.26. The lowest BCUT2D eigenvalue weighted by Gasteiger charge is -2.22. The molecule has 0 aliphatic carbocycles. The van der Waals surface area contributed by atoms with Crippen molar-refractivity contribution in [1.82, 2.24) is 9.78 Å². The van der Waals surface area contributed by atoms with Gasteiger partial charge in [0.25, 0.3) is 5.69 Å². The molecular weight excluding hydrogens is 459 g/mol. The van der Waals surface area contributed by atoms with Gasteiger partial charge in [-0.15, -0.1) is 0 Å². The number of ether oxygens (including phenoxy) is 1. The first-order valence-corrected chi connectivity index (χ1v) is 10.5. The van der Waals surface area contributed by atoms with E-state index in [9.17, 15) is 28.1 Å². The molecule has 0 amide bonds. The van der Waals surface area contributed by atoms with E-state index in [0.29, 0.717) is 5.69 Å². The molecule has 0 N–H and O–H groups in total. The van der Waals surface area contributed by atoms with Gasteiger partial charge in [0, 0.05) is 6.07 Å². The Morgan fingerprint density at radius 1 is 1.09 bits per heavy atom. The monoisotopic (exact) mass is 479 g/mol. The third kappa shape index (κ3) is 5.19. The Kier molecular flexibility index (Phi) is 6.55. The molecule has 0 bridgehead atoms. The number of hydrogen-bond acceptors (Lipinski definition) is 6. The summed E-state index contributed by atoms with van der Waals surface area (Å²) in [6.07, 6.45) is -4.75. The summed E-state index contributed by atoms with van der Waals surface area (Å²) in [5.41, 5.74) is -2.23. The van der Waals surface area contributed by atoms with E-state index in [0.717, 1.165) is 23.9 Å². The van der Waals surface area contributed by atoms with Gasteiger partial charge in [0.15, 0.2) is 0 Å². The first-order chi connectivity index (χ1) is 15.3. The quantitative estimate of drug-likeness (QED) is 0.244. The van der Waals surface area contributed by atoms with Crippen LogP contribution in [0.25, 0.3) is 0 Å². The second-order valence-electron chi connectivity index (χ2n) is 8.06. The van der Waals surface area contributed by atoms with E-state index in [1.165, 1.54) is 35.0 Å². The Balaban J connectivity index is 2.11. The van der Waals surface area contributed by atoms with Gasteiger partial charge in [-0.25, -0.2) is 9.48 Å². The number of nitro benzene ring substituents is 1. The molecule has 2 aromatic carbocycles. The van der Waals surface area contributed by atoms with Crippen molar-refractivity contribution in [3.05, 3.63) is 75.5 Å². The zero-order valence-corrected chi connectivity index (χ0v) is 19.0. The number of carbonyl (C=O) groups excluding carboxylic acids is 1. The topological polar surface area (TPSA) is 87.3 Å². The number of aromatic nitrogens is 2. The van der Waals surface area contributed by atoms with Gasteiger partial charge in [-0.2, -0.15) is 18.3 Å². The van der Waals surface area contributed by atoms with Gasteiger partial charge >= 0.3 is 12.1 Å². The fourth-order valence-corrected chi connectivity index (χ4v) is 4.03. The van der Waals surface area contributed by atoms with Crippen molar-refractivity contribution in [3.63, 3.8) is 0 Å². The largest absolute Gasteiger partial charge is 0.417 e. The highest BCUT2D eigenvalue weighted by Gasteiger charge is 2.36. The Morgan fingerprint density at radius 2 is 1.70 bits per heavy atom. The van der Waals surface area contributed by atoms with Gasteiger partial charge in [0.1, 0.15) is 0 Å². The number of carbonyl (C=O) groups is 1. The first kappa shape index (κ1) is 24.3. The second kappa shape index (κ2) is 8.89. The van der Waals surface area contributed by atoms with Crippen LogP contribution in [0, 0.1) is 17.0 Å². The molecule has 0 radical (unpaired) electrons. The normalized spacial score (nSPS) is 12.0. The molecule has 3 rings (SSSR count). The van der Waals surface area contributed by atoms with Crippen LogP contribution in [0.2, 0.25) is 0 Å². The smallest absolute Gasteiger partial charge is 0.403 e. The molecule has 0 spiro atoms.